The van der Waals surface area contributed by atoms with Gasteiger partial charge in [-0.15, -0.1) is 13.2 Å². The molecule has 142 valence electrons. The Morgan fingerprint density at radius 3 is 2.62 bits per heavy atom. The van der Waals surface area contributed by atoms with Crippen LogP contribution in [0.4, 0.5) is 13.2 Å². The molecule has 0 unspecified atom stereocenters. The van der Waals surface area contributed by atoms with Crippen molar-refractivity contribution >= 4 is 10.0 Å². The zero-order valence-electron chi connectivity index (χ0n) is 14.0. The molecule has 1 aromatic heterocycles. The fourth-order valence-electron chi connectivity index (χ4n) is 3.05. The third kappa shape index (κ3) is 4.01. The second kappa shape index (κ2) is 6.58. The Morgan fingerprint density at radius 2 is 2.08 bits per heavy atom. The van der Waals surface area contributed by atoms with Crippen molar-refractivity contribution in [2.24, 2.45) is 7.05 Å². The number of aromatic nitrogens is 2. The van der Waals surface area contributed by atoms with E-state index in [4.69, 9.17) is 0 Å². The number of nitrogens with zero attached hydrogens (tertiary/aromatic N) is 2. The predicted octanol–water partition coefficient (Wildman–Crippen LogP) is 2.72. The van der Waals surface area contributed by atoms with Crippen LogP contribution in [0.15, 0.2) is 41.6 Å². The lowest BCUT2D eigenvalue weighted by molar-refractivity contribution is -0.274. The van der Waals surface area contributed by atoms with Crippen molar-refractivity contribution in [2.75, 3.05) is 6.54 Å². The summed E-state index contributed by atoms with van der Waals surface area (Å²) in [6.07, 6.45) is 0.0868. The highest BCUT2D eigenvalue weighted by Gasteiger charge is 2.40. The van der Waals surface area contributed by atoms with E-state index in [0.717, 1.165) is 6.42 Å². The Bertz CT molecular complexity index is 889. The topological polar surface area (TPSA) is 73.2 Å². The summed E-state index contributed by atoms with van der Waals surface area (Å²) in [5, 5.41) is 3.84. The average Bonchev–Trinajstić information content (AvgIpc) is 2.92. The fraction of sp³-hybridized carbons (Fsp3) is 0.438. The van der Waals surface area contributed by atoms with Crippen LogP contribution in [0.5, 0.6) is 5.75 Å². The Balaban J connectivity index is 1.78. The summed E-state index contributed by atoms with van der Waals surface area (Å²) in [5.74, 6) is -0.309. The molecule has 0 bridgehead atoms. The molecule has 26 heavy (non-hydrogen) atoms. The van der Waals surface area contributed by atoms with Crippen LogP contribution in [-0.2, 0) is 22.5 Å². The number of alkyl halides is 3. The summed E-state index contributed by atoms with van der Waals surface area (Å²) in [6.45, 7) is 0.0969. The molecule has 6 nitrogen and oxygen atoms in total. The van der Waals surface area contributed by atoms with E-state index in [0.29, 0.717) is 18.4 Å². The normalized spacial score (nSPS) is 16.9. The van der Waals surface area contributed by atoms with Gasteiger partial charge in [-0.1, -0.05) is 18.6 Å². The standard InChI is InChI=1S/C16H18F3N3O3S/c1-22-10-14(9-20-22)26(23,24)21-11-15(6-3-7-15)12-4-2-5-13(8-12)25-16(17,18)19/h2,4-5,8-10,21H,3,6-7,11H2,1H3. The fourth-order valence-corrected chi connectivity index (χ4v) is 4.16. The van der Waals surface area contributed by atoms with Crippen LogP contribution in [-0.4, -0.2) is 31.1 Å². The molecule has 0 spiro atoms. The molecule has 0 radical (unpaired) electrons. The van der Waals surface area contributed by atoms with Crippen LogP contribution >= 0.6 is 0 Å². The minimum Gasteiger partial charge on any atom is -0.406 e. The first-order valence-corrected chi connectivity index (χ1v) is 9.43. The first-order chi connectivity index (χ1) is 12.1. The highest BCUT2D eigenvalue weighted by atomic mass is 32.2. The zero-order chi connectivity index (χ0) is 19.0. The molecular formula is C16H18F3N3O3S. The number of hydrogen-bond donors (Lipinski definition) is 1. The highest BCUT2D eigenvalue weighted by Crippen LogP contribution is 2.44. The van der Waals surface area contributed by atoms with Crippen LogP contribution in [0.3, 0.4) is 0 Å². The molecule has 1 aromatic carbocycles. The van der Waals surface area contributed by atoms with Crippen LogP contribution in [0.1, 0.15) is 24.8 Å². The molecule has 1 aliphatic carbocycles. The largest absolute Gasteiger partial charge is 0.573 e. The Labute approximate surface area is 149 Å². The lowest BCUT2D eigenvalue weighted by Crippen LogP contribution is -2.45. The number of nitrogens with one attached hydrogen (secondary N) is 1. The molecule has 1 fully saturated rings. The van der Waals surface area contributed by atoms with E-state index in [2.05, 4.69) is 14.6 Å². The maximum absolute atomic E-state index is 12.4. The summed E-state index contributed by atoms with van der Waals surface area (Å²) < 4.78 is 70.0. The maximum atomic E-state index is 12.4. The summed E-state index contributed by atoms with van der Waals surface area (Å²) >= 11 is 0. The van der Waals surface area contributed by atoms with Gasteiger partial charge in [-0.05, 0) is 30.5 Å². The lowest BCUT2D eigenvalue weighted by atomic mass is 9.64. The first-order valence-electron chi connectivity index (χ1n) is 7.94. The first kappa shape index (κ1) is 18.7. The van der Waals surface area contributed by atoms with Crippen LogP contribution in [0, 0.1) is 0 Å². The monoisotopic (exact) mass is 389 g/mol. The minimum atomic E-state index is -4.77. The van der Waals surface area contributed by atoms with Crippen molar-refractivity contribution in [3.05, 3.63) is 42.2 Å². The summed E-state index contributed by atoms with van der Waals surface area (Å²) in [5.41, 5.74) is 0.0830. The van der Waals surface area contributed by atoms with Gasteiger partial charge in [0.2, 0.25) is 10.0 Å². The van der Waals surface area contributed by atoms with Gasteiger partial charge >= 0.3 is 6.36 Å². The molecule has 0 atom stereocenters. The third-order valence-electron chi connectivity index (χ3n) is 4.58. The number of ether oxygens (including phenoxy) is 1. The smallest absolute Gasteiger partial charge is 0.406 e. The van der Waals surface area contributed by atoms with Gasteiger partial charge in [0.25, 0.3) is 0 Å². The second-order valence-electron chi connectivity index (χ2n) is 6.38. The highest BCUT2D eigenvalue weighted by molar-refractivity contribution is 7.89. The van der Waals surface area contributed by atoms with Gasteiger partial charge in [0.05, 0.1) is 6.20 Å². The number of rotatable bonds is 6. The Morgan fingerprint density at radius 1 is 1.35 bits per heavy atom. The molecule has 1 N–H and O–H groups in total. The predicted molar refractivity (Wildman–Crippen MR) is 87.1 cm³/mol. The third-order valence-corrected chi connectivity index (χ3v) is 5.94. The second-order valence-corrected chi connectivity index (χ2v) is 8.15. The van der Waals surface area contributed by atoms with Gasteiger partial charge < -0.3 is 4.74 Å². The van der Waals surface area contributed by atoms with E-state index >= 15 is 0 Å². The minimum absolute atomic E-state index is 0.0450. The summed E-state index contributed by atoms with van der Waals surface area (Å²) in [4.78, 5) is 0.0450. The molecule has 3 rings (SSSR count). The van der Waals surface area contributed by atoms with Crippen molar-refractivity contribution in [3.63, 3.8) is 0 Å². The molecule has 1 saturated carbocycles. The number of benzene rings is 1. The van der Waals surface area contributed by atoms with Gasteiger partial charge in [-0.25, -0.2) is 13.1 Å². The van der Waals surface area contributed by atoms with Crippen molar-refractivity contribution in [2.45, 2.75) is 35.9 Å². The van der Waals surface area contributed by atoms with E-state index in [9.17, 15) is 21.6 Å². The van der Waals surface area contributed by atoms with Crippen molar-refractivity contribution in [1.82, 2.24) is 14.5 Å². The van der Waals surface area contributed by atoms with E-state index in [1.165, 1.54) is 35.3 Å². The Kier molecular flexibility index (Phi) is 4.74. The number of halogens is 3. The molecular weight excluding hydrogens is 371 g/mol. The zero-order valence-corrected chi connectivity index (χ0v) is 14.8. The SMILES string of the molecule is Cn1cc(S(=O)(=O)NCC2(c3cccc(OC(F)(F)F)c3)CCC2)cn1. The lowest BCUT2D eigenvalue weighted by Gasteiger charge is -2.42. The average molecular weight is 389 g/mol. The van der Waals surface area contributed by atoms with Crippen LogP contribution in [0.2, 0.25) is 0 Å². The van der Waals surface area contributed by atoms with Crippen LogP contribution in [0.25, 0.3) is 0 Å². The van der Waals surface area contributed by atoms with Gasteiger partial charge in [0, 0.05) is 25.2 Å². The van der Waals surface area contributed by atoms with Gasteiger partial charge in [0.1, 0.15) is 10.6 Å². The molecule has 0 saturated heterocycles. The molecule has 2 aromatic rings. The molecule has 1 heterocycles. The summed E-state index contributed by atoms with van der Waals surface area (Å²) in [7, 11) is -2.13. The van der Waals surface area contributed by atoms with Crippen molar-refractivity contribution in [1.29, 1.82) is 0 Å². The molecule has 10 heteroatoms. The maximum Gasteiger partial charge on any atom is 0.573 e. The van der Waals surface area contributed by atoms with Crippen molar-refractivity contribution < 1.29 is 26.3 Å². The Hall–Kier alpha value is -2.07. The van der Waals surface area contributed by atoms with Gasteiger partial charge in [-0.2, -0.15) is 5.10 Å². The van der Waals surface area contributed by atoms with E-state index < -0.39 is 21.8 Å². The summed E-state index contributed by atoms with van der Waals surface area (Å²) in [6, 6.07) is 5.72. The van der Waals surface area contributed by atoms with Crippen molar-refractivity contribution in [3.8, 4) is 5.75 Å². The number of sulfonamides is 1. The quantitative estimate of drug-likeness (QED) is 0.825. The molecule has 1 aliphatic rings. The molecule has 0 amide bonds. The number of aryl methyl sites for hydroxylation is 1. The number of hydrogen-bond acceptors (Lipinski definition) is 4. The van der Waals surface area contributed by atoms with E-state index in [-0.39, 0.29) is 17.2 Å². The van der Waals surface area contributed by atoms with Gasteiger partial charge in [-0.3, -0.25) is 4.68 Å². The molecule has 0 aliphatic heterocycles. The van der Waals surface area contributed by atoms with E-state index in [1.54, 1.807) is 13.1 Å². The van der Waals surface area contributed by atoms with E-state index in [1.807, 2.05) is 0 Å². The van der Waals surface area contributed by atoms with Crippen LogP contribution < -0.4 is 9.46 Å². The van der Waals surface area contributed by atoms with Gasteiger partial charge in [0.15, 0.2) is 0 Å².